The highest BCUT2D eigenvalue weighted by Crippen LogP contribution is 2.27. The summed E-state index contributed by atoms with van der Waals surface area (Å²) in [6.45, 7) is 0. The molecule has 0 radical (unpaired) electrons. The molecule has 0 bridgehead atoms. The van der Waals surface area contributed by atoms with Crippen LogP contribution in [-0.4, -0.2) is 23.0 Å². The van der Waals surface area contributed by atoms with Crippen molar-refractivity contribution in [3.63, 3.8) is 0 Å². The highest BCUT2D eigenvalue weighted by atomic mass is 35.5. The average Bonchev–Trinajstić information content (AvgIpc) is 3.29. The molecule has 0 saturated carbocycles. The summed E-state index contributed by atoms with van der Waals surface area (Å²) in [5.41, 5.74) is 1.99. The molecule has 2 aromatic carbocycles. The van der Waals surface area contributed by atoms with E-state index in [0.717, 1.165) is 5.56 Å². The van der Waals surface area contributed by atoms with E-state index >= 15 is 0 Å². The quantitative estimate of drug-likeness (QED) is 0.249. The lowest BCUT2D eigenvalue weighted by atomic mass is 10.1. The maximum atomic E-state index is 12.5. The zero-order valence-electron chi connectivity index (χ0n) is 17.8. The van der Waals surface area contributed by atoms with Gasteiger partial charge in [0, 0.05) is 17.0 Å². The number of H-pyrrole nitrogens is 1. The Kier molecular flexibility index (Phi) is 7.33. The van der Waals surface area contributed by atoms with E-state index in [0.29, 0.717) is 43.5 Å². The minimum atomic E-state index is -0.497. The van der Waals surface area contributed by atoms with Crippen molar-refractivity contribution in [3.05, 3.63) is 91.4 Å². The van der Waals surface area contributed by atoms with Gasteiger partial charge < -0.3 is 15.0 Å². The molecule has 0 aliphatic carbocycles. The molecule has 0 aliphatic rings. The summed E-state index contributed by atoms with van der Waals surface area (Å²) in [6, 6.07) is 18.0. The number of aromatic amines is 1. The average molecular weight is 509 g/mol. The van der Waals surface area contributed by atoms with Gasteiger partial charge in [-0.15, -0.1) is 11.3 Å². The van der Waals surface area contributed by atoms with E-state index in [1.165, 1.54) is 23.1 Å². The molecule has 0 saturated heterocycles. The minimum absolute atomic E-state index is 0.0523. The monoisotopic (exact) mass is 508 g/mol. The van der Waals surface area contributed by atoms with Gasteiger partial charge in [-0.1, -0.05) is 47.6 Å². The van der Waals surface area contributed by atoms with Gasteiger partial charge in [-0.05, 0) is 41.3 Å². The summed E-state index contributed by atoms with van der Waals surface area (Å²) >= 11 is 8.63. The number of thiophene rings is 1. The van der Waals surface area contributed by atoms with Gasteiger partial charge in [-0.2, -0.15) is 5.26 Å². The first-order valence-corrected chi connectivity index (χ1v) is 12.2. The van der Waals surface area contributed by atoms with Crippen LogP contribution >= 0.6 is 34.7 Å². The zero-order chi connectivity index (χ0) is 24.1. The number of benzene rings is 2. The predicted octanol–water partition coefficient (Wildman–Crippen LogP) is 5.58. The highest BCUT2D eigenvalue weighted by Gasteiger charge is 2.15. The Morgan fingerprint density at radius 2 is 2.06 bits per heavy atom. The Morgan fingerprint density at radius 1 is 1.26 bits per heavy atom. The number of nitrogens with zero attached hydrogens (tertiary/aromatic N) is 2. The molecule has 34 heavy (non-hydrogen) atoms. The van der Waals surface area contributed by atoms with E-state index in [-0.39, 0.29) is 11.5 Å². The number of rotatable bonds is 7. The molecule has 0 atom stereocenters. The number of aromatic nitrogens is 2. The van der Waals surface area contributed by atoms with Gasteiger partial charge in [0.2, 0.25) is 0 Å². The third-order valence-electron chi connectivity index (χ3n) is 4.76. The lowest BCUT2D eigenvalue weighted by Crippen LogP contribution is -2.14. The number of hydrogen-bond acceptors (Lipinski definition) is 7. The van der Waals surface area contributed by atoms with Crippen LogP contribution in [0.5, 0.6) is 5.75 Å². The van der Waals surface area contributed by atoms with Crippen molar-refractivity contribution in [1.29, 1.82) is 5.26 Å². The fraction of sp³-hybridized carbons (Fsp3) is 0.0833. The Balaban J connectivity index is 1.49. The minimum Gasteiger partial charge on any atom is -0.497 e. The number of anilines is 1. The molecule has 4 aromatic rings. The summed E-state index contributed by atoms with van der Waals surface area (Å²) < 4.78 is 5.24. The molecule has 2 aromatic heterocycles. The molecule has 4 rings (SSSR count). The molecular formula is C24H17ClN4O3S2. The third-order valence-corrected chi connectivity index (χ3v) is 7.05. The van der Waals surface area contributed by atoms with Crippen LogP contribution in [0.15, 0.2) is 69.9 Å². The van der Waals surface area contributed by atoms with Gasteiger partial charge in [0.1, 0.15) is 22.3 Å². The second-order valence-corrected chi connectivity index (χ2v) is 9.26. The predicted molar refractivity (Wildman–Crippen MR) is 135 cm³/mol. The number of amides is 1. The summed E-state index contributed by atoms with van der Waals surface area (Å²) in [5, 5.41) is 14.9. The van der Waals surface area contributed by atoms with E-state index in [1.807, 2.05) is 18.2 Å². The van der Waals surface area contributed by atoms with Gasteiger partial charge in [-0.3, -0.25) is 9.59 Å². The summed E-state index contributed by atoms with van der Waals surface area (Å²) in [5.74, 6) is 0.870. The molecule has 2 heterocycles. The van der Waals surface area contributed by atoms with Crippen LogP contribution in [0.1, 0.15) is 20.8 Å². The van der Waals surface area contributed by atoms with Gasteiger partial charge in [-0.25, -0.2) is 4.98 Å². The summed E-state index contributed by atoms with van der Waals surface area (Å²) in [4.78, 5) is 32.4. The van der Waals surface area contributed by atoms with Crippen molar-refractivity contribution in [2.75, 3.05) is 12.4 Å². The van der Waals surface area contributed by atoms with Crippen molar-refractivity contribution in [3.8, 4) is 23.1 Å². The van der Waals surface area contributed by atoms with Gasteiger partial charge >= 0.3 is 0 Å². The van der Waals surface area contributed by atoms with Gasteiger partial charge in [0.25, 0.3) is 11.5 Å². The molecule has 0 unspecified atom stereocenters. The fourth-order valence-corrected chi connectivity index (χ4v) is 4.94. The smallest absolute Gasteiger partial charge is 0.270 e. The molecule has 0 fully saturated rings. The lowest BCUT2D eigenvalue weighted by molar-refractivity contribution is 0.103. The Labute approximate surface area is 208 Å². The number of carbonyl (C=O) groups excluding carboxylic acids is 1. The lowest BCUT2D eigenvalue weighted by Gasteiger charge is -2.09. The standard InChI is InChI=1S/C24H17ClN4O3S2/c1-32-17-4-2-3-15(11-17)20-18(12-26)22(30)29-24(28-20)34-13-14-5-7-16(8-6-14)27-23(31)21-19(25)9-10-33-21/h2-11H,13H2,1H3,(H,27,31)(H,28,29,30). The van der Waals surface area contributed by atoms with Crippen molar-refractivity contribution in [1.82, 2.24) is 9.97 Å². The number of ether oxygens (including phenoxy) is 1. The molecule has 1 amide bonds. The van der Waals surface area contributed by atoms with Crippen LogP contribution in [0, 0.1) is 11.3 Å². The number of hydrogen-bond donors (Lipinski definition) is 2. The number of halogens is 1. The fourth-order valence-electron chi connectivity index (χ4n) is 3.08. The van der Waals surface area contributed by atoms with Crippen molar-refractivity contribution in [2.24, 2.45) is 0 Å². The van der Waals surface area contributed by atoms with Crippen LogP contribution < -0.4 is 15.6 Å². The Hall–Kier alpha value is -3.58. The number of methoxy groups -OCH3 is 1. The van der Waals surface area contributed by atoms with Crippen molar-refractivity contribution < 1.29 is 9.53 Å². The SMILES string of the molecule is COc1cccc(-c2nc(SCc3ccc(NC(=O)c4sccc4Cl)cc3)[nH]c(=O)c2C#N)c1. The summed E-state index contributed by atoms with van der Waals surface area (Å²) in [7, 11) is 1.55. The number of nitrogens with one attached hydrogen (secondary N) is 2. The summed E-state index contributed by atoms with van der Waals surface area (Å²) in [6.07, 6.45) is 0. The second kappa shape index (κ2) is 10.6. The van der Waals surface area contributed by atoms with Crippen LogP contribution in [0.2, 0.25) is 5.02 Å². The van der Waals surface area contributed by atoms with E-state index in [2.05, 4.69) is 15.3 Å². The van der Waals surface area contributed by atoms with E-state index < -0.39 is 5.56 Å². The molecular weight excluding hydrogens is 492 g/mol. The van der Waals surface area contributed by atoms with Crippen LogP contribution in [0.3, 0.4) is 0 Å². The number of thioether (sulfide) groups is 1. The first-order chi connectivity index (χ1) is 16.5. The van der Waals surface area contributed by atoms with E-state index in [9.17, 15) is 14.9 Å². The number of carbonyl (C=O) groups is 1. The molecule has 0 spiro atoms. The Morgan fingerprint density at radius 3 is 2.74 bits per heavy atom. The van der Waals surface area contributed by atoms with E-state index in [4.69, 9.17) is 16.3 Å². The largest absolute Gasteiger partial charge is 0.497 e. The van der Waals surface area contributed by atoms with Gasteiger partial charge in [0.15, 0.2) is 5.16 Å². The normalized spacial score (nSPS) is 10.5. The van der Waals surface area contributed by atoms with Crippen LogP contribution in [0.25, 0.3) is 11.3 Å². The van der Waals surface area contributed by atoms with Crippen LogP contribution in [0.4, 0.5) is 5.69 Å². The molecule has 2 N–H and O–H groups in total. The molecule has 10 heteroatoms. The first kappa shape index (κ1) is 23.6. The second-order valence-electron chi connectivity index (χ2n) is 6.98. The molecule has 0 aliphatic heterocycles. The van der Waals surface area contributed by atoms with Crippen LogP contribution in [-0.2, 0) is 5.75 Å². The molecule has 170 valence electrons. The molecule has 7 nitrogen and oxygen atoms in total. The third kappa shape index (κ3) is 5.31. The zero-order valence-corrected chi connectivity index (χ0v) is 20.2. The van der Waals surface area contributed by atoms with Crippen molar-refractivity contribution in [2.45, 2.75) is 10.9 Å². The maximum absolute atomic E-state index is 12.5. The van der Waals surface area contributed by atoms with E-state index in [1.54, 1.807) is 55.0 Å². The Bertz CT molecular complexity index is 1440. The first-order valence-electron chi connectivity index (χ1n) is 9.93. The van der Waals surface area contributed by atoms with Gasteiger partial charge in [0.05, 0.1) is 17.8 Å². The maximum Gasteiger partial charge on any atom is 0.270 e. The van der Waals surface area contributed by atoms with Crippen molar-refractivity contribution >= 4 is 46.3 Å². The highest BCUT2D eigenvalue weighted by molar-refractivity contribution is 7.98. The number of nitriles is 1. The topological polar surface area (TPSA) is 108 Å².